The van der Waals surface area contributed by atoms with E-state index in [1.807, 2.05) is 40.6 Å². The zero-order chi connectivity index (χ0) is 20.5. The van der Waals surface area contributed by atoms with Crippen LogP contribution < -0.4 is 4.90 Å². The van der Waals surface area contributed by atoms with Crippen molar-refractivity contribution >= 4 is 28.7 Å². The van der Waals surface area contributed by atoms with Crippen LogP contribution in [0.3, 0.4) is 0 Å². The van der Waals surface area contributed by atoms with E-state index < -0.39 is 0 Å². The second-order valence-electron chi connectivity index (χ2n) is 7.47. The largest absolute Gasteiger partial charge is 0.368 e. The number of Topliss-reactive ketones (excluding diaryl/α,β-unsaturated/α-hetero) is 1. The molecule has 1 amide bonds. The lowest BCUT2D eigenvalue weighted by Crippen LogP contribution is -2.48. The van der Waals surface area contributed by atoms with Crippen LogP contribution in [-0.2, 0) is 0 Å². The summed E-state index contributed by atoms with van der Waals surface area (Å²) in [5, 5.41) is 2.99. The standard InChI is InChI=1S/C23H25N3O2S/c1-16-4-5-17(2)26(16)23-21(10-15-29-23)22(28)25-13-11-24(12-14-25)20-8-6-19(7-9-20)18(3)27/h4-10,15H,11-14H2,1-3H3. The number of ketones is 1. The van der Waals surface area contributed by atoms with E-state index in [2.05, 4.69) is 35.4 Å². The van der Waals surface area contributed by atoms with Crippen LogP contribution in [0.4, 0.5) is 5.69 Å². The first-order chi connectivity index (χ1) is 14.0. The number of aromatic nitrogens is 1. The highest BCUT2D eigenvalue weighted by molar-refractivity contribution is 7.13. The summed E-state index contributed by atoms with van der Waals surface area (Å²) in [7, 11) is 0. The zero-order valence-corrected chi connectivity index (χ0v) is 17.8. The van der Waals surface area contributed by atoms with Crippen LogP contribution in [-0.4, -0.2) is 47.3 Å². The SMILES string of the molecule is CC(=O)c1ccc(N2CCN(C(=O)c3ccsc3-n3c(C)ccc3C)CC2)cc1. The third-order valence-corrected chi connectivity index (χ3v) is 6.45. The van der Waals surface area contributed by atoms with Crippen molar-refractivity contribution in [2.45, 2.75) is 20.8 Å². The van der Waals surface area contributed by atoms with Crippen molar-refractivity contribution in [3.05, 3.63) is 70.4 Å². The van der Waals surface area contributed by atoms with Gasteiger partial charge in [-0.2, -0.15) is 0 Å². The van der Waals surface area contributed by atoms with Crippen molar-refractivity contribution in [1.82, 2.24) is 9.47 Å². The second kappa shape index (κ2) is 7.87. The van der Waals surface area contributed by atoms with E-state index in [1.165, 1.54) is 0 Å². The van der Waals surface area contributed by atoms with E-state index in [1.54, 1.807) is 18.3 Å². The molecule has 0 bridgehead atoms. The lowest BCUT2D eigenvalue weighted by atomic mass is 10.1. The Kier molecular flexibility index (Phi) is 5.28. The number of piperazine rings is 1. The van der Waals surface area contributed by atoms with Crippen LogP contribution in [0.2, 0.25) is 0 Å². The van der Waals surface area contributed by atoms with Crippen LogP contribution >= 0.6 is 11.3 Å². The first kappa shape index (κ1) is 19.5. The molecule has 0 spiro atoms. The zero-order valence-electron chi connectivity index (χ0n) is 17.0. The minimum atomic E-state index is 0.0756. The summed E-state index contributed by atoms with van der Waals surface area (Å²) in [6.45, 7) is 8.65. The fourth-order valence-corrected chi connectivity index (χ4v) is 4.88. The Labute approximate surface area is 175 Å². The maximum atomic E-state index is 13.2. The van der Waals surface area contributed by atoms with Crippen LogP contribution in [0.1, 0.15) is 39.0 Å². The quantitative estimate of drug-likeness (QED) is 0.605. The maximum Gasteiger partial charge on any atom is 0.256 e. The van der Waals surface area contributed by atoms with Gasteiger partial charge in [-0.15, -0.1) is 11.3 Å². The summed E-state index contributed by atoms with van der Waals surface area (Å²) < 4.78 is 2.16. The van der Waals surface area contributed by atoms with Gasteiger partial charge in [0.1, 0.15) is 5.00 Å². The highest BCUT2D eigenvalue weighted by Gasteiger charge is 2.25. The van der Waals surface area contributed by atoms with Gasteiger partial charge in [0, 0.05) is 48.8 Å². The third-order valence-electron chi connectivity index (χ3n) is 5.56. The molecular formula is C23H25N3O2S. The van der Waals surface area contributed by atoms with Crippen molar-refractivity contribution in [1.29, 1.82) is 0 Å². The Hall–Kier alpha value is -2.86. The monoisotopic (exact) mass is 407 g/mol. The summed E-state index contributed by atoms with van der Waals surface area (Å²) in [5.41, 5.74) is 4.87. The van der Waals surface area contributed by atoms with Gasteiger partial charge in [0.2, 0.25) is 0 Å². The molecule has 6 heteroatoms. The summed E-state index contributed by atoms with van der Waals surface area (Å²) in [4.78, 5) is 28.9. The molecule has 5 nitrogen and oxygen atoms in total. The first-order valence-corrected chi connectivity index (χ1v) is 10.7. The van der Waals surface area contributed by atoms with Crippen molar-refractivity contribution in [2.24, 2.45) is 0 Å². The molecule has 1 fully saturated rings. The van der Waals surface area contributed by atoms with E-state index in [9.17, 15) is 9.59 Å². The van der Waals surface area contributed by atoms with Gasteiger partial charge < -0.3 is 14.4 Å². The normalized spacial score (nSPS) is 14.3. The lowest BCUT2D eigenvalue weighted by Gasteiger charge is -2.36. The minimum absolute atomic E-state index is 0.0756. The Bertz CT molecular complexity index is 1020. The van der Waals surface area contributed by atoms with Gasteiger partial charge in [-0.3, -0.25) is 9.59 Å². The van der Waals surface area contributed by atoms with Gasteiger partial charge in [-0.05, 0) is 68.6 Å². The number of thiophene rings is 1. The topological polar surface area (TPSA) is 45.6 Å². The number of hydrogen-bond donors (Lipinski definition) is 0. The van der Waals surface area contributed by atoms with Crippen molar-refractivity contribution < 1.29 is 9.59 Å². The van der Waals surface area contributed by atoms with E-state index in [-0.39, 0.29) is 11.7 Å². The molecule has 1 saturated heterocycles. The fourth-order valence-electron chi connectivity index (χ4n) is 3.87. The Morgan fingerprint density at radius 3 is 2.07 bits per heavy atom. The number of hydrogen-bond acceptors (Lipinski definition) is 4. The van der Waals surface area contributed by atoms with Gasteiger partial charge in [0.15, 0.2) is 5.78 Å². The molecule has 1 aromatic carbocycles. The molecule has 3 heterocycles. The molecule has 29 heavy (non-hydrogen) atoms. The lowest BCUT2D eigenvalue weighted by molar-refractivity contribution is 0.0747. The predicted octanol–water partition coefficient (Wildman–Crippen LogP) is 4.32. The Morgan fingerprint density at radius 1 is 0.862 bits per heavy atom. The molecule has 1 aliphatic rings. The van der Waals surface area contributed by atoms with Crippen LogP contribution in [0.5, 0.6) is 0 Å². The smallest absolute Gasteiger partial charge is 0.256 e. The van der Waals surface area contributed by atoms with Gasteiger partial charge in [0.05, 0.1) is 5.56 Å². The predicted molar refractivity (Wildman–Crippen MR) is 118 cm³/mol. The highest BCUT2D eigenvalue weighted by atomic mass is 32.1. The first-order valence-electron chi connectivity index (χ1n) is 9.84. The van der Waals surface area contributed by atoms with Crippen LogP contribution in [0, 0.1) is 13.8 Å². The van der Waals surface area contributed by atoms with E-state index >= 15 is 0 Å². The Balaban J connectivity index is 1.46. The Morgan fingerprint density at radius 2 is 1.48 bits per heavy atom. The van der Waals surface area contributed by atoms with E-state index in [0.717, 1.165) is 46.3 Å². The summed E-state index contributed by atoms with van der Waals surface area (Å²) in [6, 6.07) is 13.8. The number of anilines is 1. The van der Waals surface area contributed by atoms with Gasteiger partial charge in [-0.25, -0.2) is 0 Å². The number of carbonyl (C=O) groups excluding carboxylic acids is 2. The number of nitrogens with zero attached hydrogens (tertiary/aromatic N) is 3. The average Bonchev–Trinajstić information content (AvgIpc) is 3.33. The molecule has 0 aliphatic carbocycles. The average molecular weight is 408 g/mol. The molecule has 3 aromatic rings. The van der Waals surface area contributed by atoms with Crippen LogP contribution in [0.25, 0.3) is 5.00 Å². The van der Waals surface area contributed by atoms with Gasteiger partial charge in [-0.1, -0.05) is 0 Å². The molecule has 0 N–H and O–H groups in total. The summed E-state index contributed by atoms with van der Waals surface area (Å²) in [6.07, 6.45) is 0. The van der Waals surface area contributed by atoms with Gasteiger partial charge in [0.25, 0.3) is 5.91 Å². The molecule has 0 atom stereocenters. The van der Waals surface area contributed by atoms with Crippen molar-refractivity contribution in [3.63, 3.8) is 0 Å². The minimum Gasteiger partial charge on any atom is -0.368 e. The molecule has 0 saturated carbocycles. The third kappa shape index (κ3) is 3.72. The molecule has 0 radical (unpaired) electrons. The van der Waals surface area contributed by atoms with Crippen molar-refractivity contribution in [3.8, 4) is 5.00 Å². The molecule has 2 aromatic heterocycles. The molecular weight excluding hydrogens is 382 g/mol. The van der Waals surface area contributed by atoms with E-state index in [4.69, 9.17) is 0 Å². The molecule has 150 valence electrons. The maximum absolute atomic E-state index is 13.2. The molecule has 0 unspecified atom stereocenters. The fraction of sp³-hybridized carbons (Fsp3) is 0.304. The number of amides is 1. The number of aryl methyl sites for hydroxylation is 2. The number of carbonyl (C=O) groups is 2. The van der Waals surface area contributed by atoms with E-state index in [0.29, 0.717) is 13.1 Å². The summed E-state index contributed by atoms with van der Waals surface area (Å²) in [5.74, 6) is 0.173. The van der Waals surface area contributed by atoms with Crippen molar-refractivity contribution in [2.75, 3.05) is 31.1 Å². The highest BCUT2D eigenvalue weighted by Crippen LogP contribution is 2.27. The van der Waals surface area contributed by atoms with Crippen LogP contribution in [0.15, 0.2) is 47.8 Å². The number of rotatable bonds is 4. The molecule has 4 rings (SSSR count). The molecule has 1 aliphatic heterocycles. The summed E-state index contributed by atoms with van der Waals surface area (Å²) >= 11 is 1.61. The second-order valence-corrected chi connectivity index (χ2v) is 8.37. The van der Waals surface area contributed by atoms with Gasteiger partial charge >= 0.3 is 0 Å². The number of benzene rings is 1.